The first-order valence-corrected chi connectivity index (χ1v) is 10.6. The maximum Gasteiger partial charge on any atom is -0.00942 e. The second-order valence-electron chi connectivity index (χ2n) is 7.53. The van der Waals surface area contributed by atoms with Crippen LogP contribution >= 0.6 is 0 Å². The number of allylic oxidation sites excluding steroid dienone is 4. The van der Waals surface area contributed by atoms with E-state index in [1.165, 1.54) is 44.5 Å². The number of benzene rings is 4. The van der Waals surface area contributed by atoms with Crippen LogP contribution in [0.25, 0.3) is 39.0 Å². The first kappa shape index (κ1) is 20.4. The summed E-state index contributed by atoms with van der Waals surface area (Å²) in [4.78, 5) is 0. The van der Waals surface area contributed by atoms with Crippen molar-refractivity contribution < 1.29 is 0 Å². The maximum absolute atomic E-state index is 3.89. The molecule has 0 amide bonds. The molecule has 150 valence electrons. The van der Waals surface area contributed by atoms with E-state index in [1.54, 1.807) is 0 Å². The molecule has 0 fully saturated rings. The van der Waals surface area contributed by atoms with Crippen LogP contribution in [0.2, 0.25) is 0 Å². The van der Waals surface area contributed by atoms with Gasteiger partial charge in [-0.05, 0) is 69.1 Å². The molecule has 0 aromatic heterocycles. The van der Waals surface area contributed by atoms with Crippen molar-refractivity contribution in [1.82, 2.24) is 0 Å². The SMILES string of the molecule is C=C/C=C(/CC=C)c1cccc(-c2cccc(-c3cccc(-c4ccccc4)c3)c2)c1. The van der Waals surface area contributed by atoms with Gasteiger partial charge in [0.2, 0.25) is 0 Å². The van der Waals surface area contributed by atoms with E-state index < -0.39 is 0 Å². The molecular weight excluding hydrogens is 372 g/mol. The Morgan fingerprint density at radius 3 is 1.58 bits per heavy atom. The van der Waals surface area contributed by atoms with Crippen molar-refractivity contribution in [2.24, 2.45) is 0 Å². The minimum Gasteiger partial charge on any atom is -0.103 e. The third-order valence-corrected chi connectivity index (χ3v) is 5.42. The fourth-order valence-corrected chi connectivity index (χ4v) is 3.87. The van der Waals surface area contributed by atoms with Crippen LogP contribution in [0.3, 0.4) is 0 Å². The van der Waals surface area contributed by atoms with Crippen LogP contribution in [-0.2, 0) is 0 Å². The van der Waals surface area contributed by atoms with Gasteiger partial charge in [0.05, 0.1) is 0 Å². The average molecular weight is 399 g/mol. The maximum atomic E-state index is 3.89. The van der Waals surface area contributed by atoms with Crippen LogP contribution in [-0.4, -0.2) is 0 Å². The lowest BCUT2D eigenvalue weighted by atomic mass is 9.94. The molecule has 0 radical (unpaired) electrons. The molecule has 0 nitrogen and oxygen atoms in total. The molecule has 0 atom stereocenters. The van der Waals surface area contributed by atoms with E-state index in [4.69, 9.17) is 0 Å². The van der Waals surface area contributed by atoms with Gasteiger partial charge in [0.15, 0.2) is 0 Å². The van der Waals surface area contributed by atoms with Gasteiger partial charge in [-0.25, -0.2) is 0 Å². The molecule has 0 saturated carbocycles. The summed E-state index contributed by atoms with van der Waals surface area (Å²) < 4.78 is 0. The van der Waals surface area contributed by atoms with Gasteiger partial charge in [0.25, 0.3) is 0 Å². The van der Waals surface area contributed by atoms with Crippen molar-refractivity contribution >= 4 is 5.57 Å². The number of hydrogen-bond donors (Lipinski definition) is 0. The van der Waals surface area contributed by atoms with Gasteiger partial charge >= 0.3 is 0 Å². The molecule has 0 bridgehead atoms. The summed E-state index contributed by atoms with van der Waals surface area (Å²) in [7, 11) is 0. The van der Waals surface area contributed by atoms with Gasteiger partial charge in [0.1, 0.15) is 0 Å². The molecule has 4 aromatic rings. The highest BCUT2D eigenvalue weighted by atomic mass is 14.1. The van der Waals surface area contributed by atoms with Crippen LogP contribution in [0.15, 0.2) is 135 Å². The molecule has 0 spiro atoms. The fraction of sp³-hybridized carbons (Fsp3) is 0.0323. The molecular formula is C31H26. The van der Waals surface area contributed by atoms with Crippen molar-refractivity contribution in [1.29, 1.82) is 0 Å². The predicted molar refractivity (Wildman–Crippen MR) is 136 cm³/mol. The Morgan fingerprint density at radius 2 is 1.03 bits per heavy atom. The summed E-state index contributed by atoms with van der Waals surface area (Å²) in [6.07, 6.45) is 6.66. The molecule has 0 saturated heterocycles. The smallest absolute Gasteiger partial charge is 0.00942 e. The summed E-state index contributed by atoms with van der Waals surface area (Å²) in [5, 5.41) is 0. The Kier molecular flexibility index (Phi) is 6.40. The Labute approximate surface area is 185 Å². The normalized spacial score (nSPS) is 11.2. The van der Waals surface area contributed by atoms with Crippen molar-refractivity contribution in [3.8, 4) is 33.4 Å². The van der Waals surface area contributed by atoms with Gasteiger partial charge < -0.3 is 0 Å². The summed E-state index contributed by atoms with van der Waals surface area (Å²) in [5.41, 5.74) is 9.74. The Hall–Kier alpha value is -3.90. The highest BCUT2D eigenvalue weighted by molar-refractivity contribution is 5.79. The van der Waals surface area contributed by atoms with E-state index in [0.29, 0.717) is 0 Å². The predicted octanol–water partition coefficient (Wildman–Crippen LogP) is 8.83. The highest BCUT2D eigenvalue weighted by Gasteiger charge is 2.06. The van der Waals surface area contributed by atoms with E-state index in [2.05, 4.69) is 122 Å². The lowest BCUT2D eigenvalue weighted by Crippen LogP contribution is -1.87. The molecule has 0 aliphatic heterocycles. The van der Waals surface area contributed by atoms with Crippen molar-refractivity contribution in [2.45, 2.75) is 6.42 Å². The van der Waals surface area contributed by atoms with Gasteiger partial charge in [-0.3, -0.25) is 0 Å². The quantitative estimate of drug-likeness (QED) is 0.215. The van der Waals surface area contributed by atoms with E-state index >= 15 is 0 Å². The minimum absolute atomic E-state index is 0.821. The Morgan fingerprint density at radius 1 is 0.548 bits per heavy atom. The fourth-order valence-electron chi connectivity index (χ4n) is 3.87. The van der Waals surface area contributed by atoms with Gasteiger partial charge in [-0.2, -0.15) is 0 Å². The summed E-state index contributed by atoms with van der Waals surface area (Å²) in [6, 6.07) is 36.7. The van der Waals surface area contributed by atoms with Crippen LogP contribution < -0.4 is 0 Å². The lowest BCUT2D eigenvalue weighted by molar-refractivity contribution is 1.40. The molecule has 4 aromatic carbocycles. The van der Waals surface area contributed by atoms with Crippen molar-refractivity contribution in [3.05, 3.63) is 140 Å². The first-order valence-electron chi connectivity index (χ1n) is 10.6. The molecule has 4 rings (SSSR count). The largest absolute Gasteiger partial charge is 0.103 e. The molecule has 0 N–H and O–H groups in total. The number of hydrogen-bond acceptors (Lipinski definition) is 0. The third-order valence-electron chi connectivity index (χ3n) is 5.42. The molecule has 0 heterocycles. The van der Waals surface area contributed by atoms with Crippen LogP contribution in [0, 0.1) is 0 Å². The monoisotopic (exact) mass is 398 g/mol. The minimum atomic E-state index is 0.821. The lowest BCUT2D eigenvalue weighted by Gasteiger charge is -2.11. The second kappa shape index (κ2) is 9.73. The number of rotatable bonds is 7. The summed E-state index contributed by atoms with van der Waals surface area (Å²) in [5.74, 6) is 0. The average Bonchev–Trinajstić information content (AvgIpc) is 2.85. The van der Waals surface area contributed by atoms with Crippen LogP contribution in [0.1, 0.15) is 12.0 Å². The van der Waals surface area contributed by atoms with Crippen LogP contribution in [0.4, 0.5) is 0 Å². The van der Waals surface area contributed by atoms with Crippen molar-refractivity contribution in [2.75, 3.05) is 0 Å². The Bertz CT molecular complexity index is 1230. The summed E-state index contributed by atoms with van der Waals surface area (Å²) >= 11 is 0. The van der Waals surface area contributed by atoms with Crippen molar-refractivity contribution in [3.63, 3.8) is 0 Å². The molecule has 0 unspecified atom stereocenters. The summed E-state index contributed by atoms with van der Waals surface area (Å²) in [6.45, 7) is 7.74. The van der Waals surface area contributed by atoms with Gasteiger partial charge in [-0.1, -0.05) is 110 Å². The third kappa shape index (κ3) is 4.82. The zero-order valence-corrected chi connectivity index (χ0v) is 17.7. The highest BCUT2D eigenvalue weighted by Crippen LogP contribution is 2.31. The van der Waals surface area contributed by atoms with E-state index in [-0.39, 0.29) is 0 Å². The van der Waals surface area contributed by atoms with E-state index in [0.717, 1.165) is 6.42 Å². The zero-order chi connectivity index (χ0) is 21.5. The van der Waals surface area contributed by atoms with Gasteiger partial charge in [0, 0.05) is 0 Å². The molecule has 0 aliphatic rings. The van der Waals surface area contributed by atoms with Crippen LogP contribution in [0.5, 0.6) is 0 Å². The molecule has 0 heteroatoms. The first-order chi connectivity index (χ1) is 15.3. The topological polar surface area (TPSA) is 0 Å². The standard InChI is InChI=1S/C31H26/c1-3-11-24(12-4-2)26-15-8-17-28(21-26)30-19-10-20-31(23-30)29-18-9-16-27(22-29)25-13-6-5-7-14-25/h3-11,13-23H,1-2,12H2/b24-11-. The van der Waals surface area contributed by atoms with Gasteiger partial charge in [-0.15, -0.1) is 6.58 Å². The zero-order valence-electron chi connectivity index (χ0n) is 17.7. The van der Waals surface area contributed by atoms with E-state index in [1.807, 2.05) is 12.2 Å². The second-order valence-corrected chi connectivity index (χ2v) is 7.53. The molecule has 31 heavy (non-hydrogen) atoms. The van der Waals surface area contributed by atoms with E-state index in [9.17, 15) is 0 Å². The molecule has 0 aliphatic carbocycles. The Balaban J connectivity index is 1.70.